The van der Waals surface area contributed by atoms with Crippen molar-refractivity contribution in [2.45, 2.75) is 13.3 Å². The molecule has 16 heavy (non-hydrogen) atoms. The van der Waals surface area contributed by atoms with Gasteiger partial charge in [0.25, 0.3) is 0 Å². The van der Waals surface area contributed by atoms with E-state index in [0.717, 1.165) is 6.42 Å². The van der Waals surface area contributed by atoms with E-state index in [0.29, 0.717) is 0 Å². The number of rotatable bonds is 2. The van der Waals surface area contributed by atoms with Gasteiger partial charge in [-0.1, -0.05) is 48.0 Å². The van der Waals surface area contributed by atoms with Crippen molar-refractivity contribution in [1.29, 1.82) is 0 Å². The summed E-state index contributed by atoms with van der Waals surface area (Å²) in [5.41, 5.74) is 1.32. The molecule has 4 heteroatoms. The first-order valence-corrected chi connectivity index (χ1v) is 9.08. The lowest BCUT2D eigenvalue weighted by molar-refractivity contribution is 1.32. The molecule has 0 saturated carbocycles. The van der Waals surface area contributed by atoms with E-state index in [4.69, 9.17) is 0 Å². The summed E-state index contributed by atoms with van der Waals surface area (Å²) in [7, 11) is 4.11. The lowest BCUT2D eigenvalue weighted by Crippen LogP contribution is -1.87. The second-order valence-electron chi connectivity index (χ2n) is 3.47. The Bertz CT molecular complexity index is 514. The first kappa shape index (κ1) is 10.7. The van der Waals surface area contributed by atoms with Gasteiger partial charge in [-0.05, 0) is 37.4 Å². The molecule has 0 spiro atoms. The standard InChI is InChI=1S/C12H11NS3/c1-2-11-13-12-8-10(14-16(12)15-11)9-6-4-3-5-7-9/h3-8H,2H2,1H3. The first-order chi connectivity index (χ1) is 7.86. The molecule has 2 aliphatic heterocycles. The van der Waals surface area contributed by atoms with E-state index in [9.17, 15) is 0 Å². The van der Waals surface area contributed by atoms with Crippen LogP contribution in [0.5, 0.6) is 0 Å². The van der Waals surface area contributed by atoms with Gasteiger partial charge in [0.05, 0.1) is 5.04 Å². The molecule has 82 valence electrons. The molecule has 2 heterocycles. The fraction of sp³-hybridized carbons (Fsp3) is 0.167. The lowest BCUT2D eigenvalue weighted by atomic mass is 10.2. The van der Waals surface area contributed by atoms with Crippen LogP contribution in [0.1, 0.15) is 18.9 Å². The summed E-state index contributed by atoms with van der Waals surface area (Å²) in [5, 5.41) is 1.29. The van der Waals surface area contributed by atoms with Gasteiger partial charge in [0.2, 0.25) is 0 Å². The van der Waals surface area contributed by atoms with Crippen molar-refractivity contribution in [2.24, 2.45) is 4.99 Å². The maximum Gasteiger partial charge on any atom is 0.109 e. The van der Waals surface area contributed by atoms with Gasteiger partial charge in [0.1, 0.15) is 4.99 Å². The predicted octanol–water partition coefficient (Wildman–Crippen LogP) is 4.56. The van der Waals surface area contributed by atoms with E-state index < -0.39 is 0 Å². The third-order valence-corrected chi connectivity index (χ3v) is 8.59. The molecule has 2 aliphatic rings. The van der Waals surface area contributed by atoms with Crippen molar-refractivity contribution in [3.8, 4) is 0 Å². The van der Waals surface area contributed by atoms with Crippen LogP contribution in [-0.2, 0) is 0 Å². The monoisotopic (exact) mass is 265 g/mol. The molecule has 0 amide bonds. The Balaban J connectivity index is 1.87. The Labute approximate surface area is 105 Å². The molecule has 0 aliphatic carbocycles. The largest absolute Gasteiger partial charge is 0.238 e. The third-order valence-electron chi connectivity index (χ3n) is 2.36. The predicted molar refractivity (Wildman–Crippen MR) is 79.9 cm³/mol. The zero-order valence-electron chi connectivity index (χ0n) is 8.84. The van der Waals surface area contributed by atoms with Gasteiger partial charge in [-0.3, -0.25) is 0 Å². The van der Waals surface area contributed by atoms with Gasteiger partial charge < -0.3 is 0 Å². The number of hydrogen-bond donors (Lipinski definition) is 0. The Morgan fingerprint density at radius 3 is 2.69 bits per heavy atom. The minimum atomic E-state index is 0.225. The highest BCUT2D eigenvalue weighted by atomic mass is 33.5. The third kappa shape index (κ3) is 1.90. The molecule has 1 aromatic carbocycles. The highest BCUT2D eigenvalue weighted by Gasteiger charge is 2.23. The quantitative estimate of drug-likeness (QED) is 0.574. The van der Waals surface area contributed by atoms with Crippen LogP contribution in [0.15, 0.2) is 41.4 Å². The molecule has 0 radical (unpaired) electrons. The SMILES string of the molecule is CCC1=NC2=S(SC(c3ccccc3)=C2)S1. The molecule has 1 aromatic rings. The Hall–Kier alpha value is -0.450. The fourth-order valence-electron chi connectivity index (χ4n) is 1.54. The topological polar surface area (TPSA) is 12.4 Å². The highest BCUT2D eigenvalue weighted by molar-refractivity contribution is 9.20. The number of nitrogens with zero attached hydrogens (tertiary/aromatic N) is 1. The molecular weight excluding hydrogens is 254 g/mol. The summed E-state index contributed by atoms with van der Waals surface area (Å²) in [6.45, 7) is 2.17. The number of aliphatic imine (C=N–C) groups is 1. The molecular formula is C12H11NS3. The zero-order chi connectivity index (χ0) is 11.0. The maximum absolute atomic E-state index is 4.66. The summed E-state index contributed by atoms with van der Waals surface area (Å²) in [6, 6.07) is 10.6. The van der Waals surface area contributed by atoms with E-state index in [2.05, 4.69) is 48.3 Å². The molecule has 3 rings (SSSR count). The van der Waals surface area contributed by atoms with Gasteiger partial charge in [-0.15, -0.1) is 0 Å². The second-order valence-corrected chi connectivity index (χ2v) is 9.24. The van der Waals surface area contributed by atoms with Crippen LogP contribution in [0, 0.1) is 0 Å². The van der Waals surface area contributed by atoms with Gasteiger partial charge in [-0.25, -0.2) is 4.99 Å². The molecule has 1 nitrogen and oxygen atoms in total. The van der Waals surface area contributed by atoms with Crippen LogP contribution in [0.2, 0.25) is 0 Å². The summed E-state index contributed by atoms with van der Waals surface area (Å²) in [5.74, 6) is 0. The summed E-state index contributed by atoms with van der Waals surface area (Å²) in [4.78, 5) is 7.29. The van der Waals surface area contributed by atoms with E-state index in [1.165, 1.54) is 20.5 Å². The molecule has 0 N–H and O–H groups in total. The average Bonchev–Trinajstić information content (AvgIpc) is 2.87. The average molecular weight is 265 g/mol. The minimum absolute atomic E-state index is 0.225. The van der Waals surface area contributed by atoms with Gasteiger partial charge in [0.15, 0.2) is 0 Å². The highest BCUT2D eigenvalue weighted by Crippen LogP contribution is 2.59. The molecule has 0 saturated heterocycles. The van der Waals surface area contributed by atoms with Crippen molar-refractivity contribution in [3.05, 3.63) is 42.0 Å². The van der Waals surface area contributed by atoms with Gasteiger partial charge in [-0.2, -0.15) is 0 Å². The van der Waals surface area contributed by atoms with Crippen LogP contribution in [-0.4, -0.2) is 10.0 Å². The van der Waals surface area contributed by atoms with Crippen LogP contribution >= 0.6 is 30.1 Å². The van der Waals surface area contributed by atoms with Crippen molar-refractivity contribution in [2.75, 3.05) is 0 Å². The summed E-state index contributed by atoms with van der Waals surface area (Å²) < 4.78 is 0. The normalized spacial score (nSPS) is 23.1. The molecule has 0 aromatic heterocycles. The molecule has 1 unspecified atom stereocenters. The van der Waals surface area contributed by atoms with E-state index >= 15 is 0 Å². The van der Waals surface area contributed by atoms with Crippen molar-refractivity contribution in [3.63, 3.8) is 0 Å². The summed E-state index contributed by atoms with van der Waals surface area (Å²) in [6.07, 6.45) is 3.31. The van der Waals surface area contributed by atoms with Crippen molar-refractivity contribution < 1.29 is 0 Å². The minimum Gasteiger partial charge on any atom is -0.238 e. The van der Waals surface area contributed by atoms with E-state index in [-0.39, 0.29) is 8.55 Å². The molecule has 1 atom stereocenters. The Morgan fingerprint density at radius 1 is 1.19 bits per heavy atom. The van der Waals surface area contributed by atoms with Crippen LogP contribution in [0.3, 0.4) is 0 Å². The maximum atomic E-state index is 4.66. The second kappa shape index (κ2) is 4.43. The lowest BCUT2D eigenvalue weighted by Gasteiger charge is -2.03. The Morgan fingerprint density at radius 2 is 2.00 bits per heavy atom. The van der Waals surface area contributed by atoms with Crippen molar-refractivity contribution >= 4 is 45.1 Å². The van der Waals surface area contributed by atoms with Gasteiger partial charge >= 0.3 is 0 Å². The molecule has 0 bridgehead atoms. The number of benzene rings is 1. The Kier molecular flexibility index (Phi) is 2.96. The summed E-state index contributed by atoms with van der Waals surface area (Å²) >= 11 is 0. The fourth-order valence-corrected chi connectivity index (χ4v) is 7.97. The number of hydrogen-bond acceptors (Lipinski definition) is 3. The van der Waals surface area contributed by atoms with Gasteiger partial charge in [0, 0.05) is 4.91 Å². The van der Waals surface area contributed by atoms with E-state index in [1.807, 2.05) is 21.6 Å². The zero-order valence-corrected chi connectivity index (χ0v) is 11.3. The van der Waals surface area contributed by atoms with Crippen LogP contribution in [0.4, 0.5) is 0 Å². The smallest absolute Gasteiger partial charge is 0.109 e. The van der Waals surface area contributed by atoms with Crippen LogP contribution in [0.25, 0.3) is 4.91 Å². The van der Waals surface area contributed by atoms with Crippen molar-refractivity contribution in [1.82, 2.24) is 0 Å². The van der Waals surface area contributed by atoms with E-state index in [1.54, 1.807) is 0 Å². The first-order valence-electron chi connectivity index (χ1n) is 5.19. The molecule has 0 fully saturated rings. The van der Waals surface area contributed by atoms with Crippen LogP contribution < -0.4 is 0 Å².